The lowest BCUT2D eigenvalue weighted by molar-refractivity contribution is -0.136. The van der Waals surface area contributed by atoms with E-state index in [1.54, 1.807) is 4.90 Å². The maximum absolute atomic E-state index is 11.7. The Kier molecular flexibility index (Phi) is 4.82. The maximum Gasteiger partial charge on any atom is 0.236 e. The molecule has 0 spiro atoms. The van der Waals surface area contributed by atoms with Gasteiger partial charge in [-0.15, -0.1) is 0 Å². The number of amides is 1. The van der Waals surface area contributed by atoms with Crippen molar-refractivity contribution in [2.75, 3.05) is 33.3 Å². The smallest absolute Gasteiger partial charge is 0.236 e. The molecule has 0 aromatic heterocycles. The van der Waals surface area contributed by atoms with E-state index in [4.69, 9.17) is 4.74 Å². The maximum atomic E-state index is 11.7. The number of hydrogen-bond acceptors (Lipinski definition) is 3. The number of carbonyl (C=O) groups is 1. The first kappa shape index (κ1) is 14.3. The Morgan fingerprint density at radius 3 is 2.74 bits per heavy atom. The highest BCUT2D eigenvalue weighted by molar-refractivity contribution is 9.10. The summed E-state index contributed by atoms with van der Waals surface area (Å²) in [6.07, 6.45) is 0. The van der Waals surface area contributed by atoms with Gasteiger partial charge in [-0.3, -0.25) is 9.69 Å². The van der Waals surface area contributed by atoms with Crippen molar-refractivity contribution in [1.29, 1.82) is 0 Å². The molecule has 104 valence electrons. The first-order chi connectivity index (χ1) is 9.06. The van der Waals surface area contributed by atoms with Gasteiger partial charge in [-0.2, -0.15) is 0 Å². The molecule has 4 nitrogen and oxygen atoms in total. The average molecular weight is 327 g/mol. The van der Waals surface area contributed by atoms with Gasteiger partial charge in [0.15, 0.2) is 0 Å². The van der Waals surface area contributed by atoms with Crippen LogP contribution in [0.5, 0.6) is 5.75 Å². The fourth-order valence-electron chi connectivity index (χ4n) is 2.17. The molecule has 19 heavy (non-hydrogen) atoms. The van der Waals surface area contributed by atoms with E-state index in [0.29, 0.717) is 19.2 Å². The molecular weight excluding hydrogens is 308 g/mol. The molecule has 1 fully saturated rings. The van der Waals surface area contributed by atoms with E-state index in [2.05, 4.69) is 27.8 Å². The van der Waals surface area contributed by atoms with Crippen molar-refractivity contribution in [3.63, 3.8) is 0 Å². The van der Waals surface area contributed by atoms with Gasteiger partial charge >= 0.3 is 0 Å². The number of benzene rings is 1. The number of ether oxygens (including phenoxy) is 1. The summed E-state index contributed by atoms with van der Waals surface area (Å²) in [7, 11) is 1.86. The van der Waals surface area contributed by atoms with Gasteiger partial charge in [-0.25, -0.2) is 0 Å². The lowest BCUT2D eigenvalue weighted by atomic mass is 10.2. The molecule has 0 N–H and O–H groups in total. The average Bonchev–Trinajstić information content (AvgIpc) is 2.38. The number of nitrogens with zero attached hydrogens (tertiary/aromatic N) is 2. The Bertz CT molecular complexity index is 436. The molecule has 1 aromatic carbocycles. The predicted molar refractivity (Wildman–Crippen MR) is 78.3 cm³/mol. The fourth-order valence-corrected chi connectivity index (χ4v) is 2.44. The summed E-state index contributed by atoms with van der Waals surface area (Å²) in [5.41, 5.74) is 0. The van der Waals surface area contributed by atoms with Crippen LogP contribution in [0.1, 0.15) is 6.92 Å². The lowest BCUT2D eigenvalue weighted by Crippen LogP contribution is -2.54. The molecule has 0 unspecified atom stereocenters. The number of hydrogen-bond donors (Lipinski definition) is 0. The molecule has 1 aromatic rings. The van der Waals surface area contributed by atoms with E-state index in [1.807, 2.05) is 31.3 Å². The molecule has 1 heterocycles. The first-order valence-corrected chi connectivity index (χ1v) is 7.22. The third kappa shape index (κ3) is 3.94. The second-order valence-electron chi connectivity index (χ2n) is 4.90. The van der Waals surface area contributed by atoms with Crippen LogP contribution in [0.3, 0.4) is 0 Å². The van der Waals surface area contributed by atoms with Crippen LogP contribution in [-0.4, -0.2) is 55.0 Å². The number of rotatable bonds is 4. The van der Waals surface area contributed by atoms with Crippen LogP contribution >= 0.6 is 15.9 Å². The molecular formula is C14H19BrN2O2. The minimum atomic E-state index is 0.182. The summed E-state index contributed by atoms with van der Waals surface area (Å²) in [4.78, 5) is 15.6. The third-order valence-electron chi connectivity index (χ3n) is 3.39. The lowest BCUT2D eigenvalue weighted by Gasteiger charge is -2.37. The van der Waals surface area contributed by atoms with E-state index in [0.717, 1.165) is 23.3 Å². The van der Waals surface area contributed by atoms with Gasteiger partial charge in [0, 0.05) is 30.7 Å². The van der Waals surface area contributed by atoms with Gasteiger partial charge in [0.1, 0.15) is 12.4 Å². The van der Waals surface area contributed by atoms with Crippen LogP contribution in [0.25, 0.3) is 0 Å². The second kappa shape index (κ2) is 6.39. The Morgan fingerprint density at radius 2 is 2.05 bits per heavy atom. The molecule has 1 aliphatic rings. The van der Waals surface area contributed by atoms with Crippen LogP contribution < -0.4 is 4.74 Å². The van der Waals surface area contributed by atoms with Crippen molar-refractivity contribution >= 4 is 21.8 Å². The highest BCUT2D eigenvalue weighted by atomic mass is 79.9. The molecule has 0 aliphatic carbocycles. The van der Waals surface area contributed by atoms with E-state index in [-0.39, 0.29) is 5.91 Å². The Labute approximate surface area is 122 Å². The minimum absolute atomic E-state index is 0.182. The fraction of sp³-hybridized carbons (Fsp3) is 0.500. The number of likely N-dealkylation sites (N-methyl/N-ethyl adjacent to an activating group) is 1. The van der Waals surface area contributed by atoms with Gasteiger partial charge in [-0.05, 0) is 31.2 Å². The topological polar surface area (TPSA) is 32.8 Å². The van der Waals surface area contributed by atoms with Gasteiger partial charge in [0.2, 0.25) is 5.91 Å². The summed E-state index contributed by atoms with van der Waals surface area (Å²) in [6.45, 7) is 4.79. The largest absolute Gasteiger partial charge is 0.492 e. The molecule has 2 rings (SSSR count). The summed E-state index contributed by atoms with van der Waals surface area (Å²) in [5, 5.41) is 0. The monoisotopic (exact) mass is 326 g/mol. The molecule has 0 bridgehead atoms. The van der Waals surface area contributed by atoms with Gasteiger partial charge in [-0.1, -0.05) is 15.9 Å². The summed E-state index contributed by atoms with van der Waals surface area (Å²) in [6, 6.07) is 8.16. The molecule has 1 aliphatic heterocycles. The summed E-state index contributed by atoms with van der Waals surface area (Å²) < 4.78 is 6.73. The van der Waals surface area contributed by atoms with Crippen molar-refractivity contribution in [1.82, 2.24) is 9.80 Å². The van der Waals surface area contributed by atoms with Crippen molar-refractivity contribution in [3.05, 3.63) is 28.7 Å². The van der Waals surface area contributed by atoms with E-state index < -0.39 is 0 Å². The zero-order valence-corrected chi connectivity index (χ0v) is 12.9. The molecule has 1 atom stereocenters. The Morgan fingerprint density at radius 1 is 1.37 bits per heavy atom. The predicted octanol–water partition coefficient (Wildman–Crippen LogP) is 1.99. The van der Waals surface area contributed by atoms with Crippen LogP contribution in [0, 0.1) is 0 Å². The van der Waals surface area contributed by atoms with Crippen LogP contribution in [0.15, 0.2) is 28.7 Å². The van der Waals surface area contributed by atoms with E-state index >= 15 is 0 Å². The van der Waals surface area contributed by atoms with Crippen LogP contribution in [0.2, 0.25) is 0 Å². The van der Waals surface area contributed by atoms with Gasteiger partial charge < -0.3 is 9.64 Å². The van der Waals surface area contributed by atoms with E-state index in [9.17, 15) is 4.79 Å². The van der Waals surface area contributed by atoms with Crippen LogP contribution in [0.4, 0.5) is 0 Å². The molecule has 0 radical (unpaired) electrons. The first-order valence-electron chi connectivity index (χ1n) is 6.42. The van der Waals surface area contributed by atoms with Crippen molar-refractivity contribution < 1.29 is 9.53 Å². The molecule has 1 amide bonds. The van der Waals surface area contributed by atoms with Crippen molar-refractivity contribution in [3.8, 4) is 5.75 Å². The highest BCUT2D eigenvalue weighted by Crippen LogP contribution is 2.16. The van der Waals surface area contributed by atoms with Crippen LogP contribution in [-0.2, 0) is 4.79 Å². The second-order valence-corrected chi connectivity index (χ2v) is 5.81. The molecule has 5 heteroatoms. The summed E-state index contributed by atoms with van der Waals surface area (Å²) in [5.74, 6) is 1.04. The zero-order chi connectivity index (χ0) is 13.8. The number of carbonyl (C=O) groups excluding carboxylic acids is 1. The molecule has 1 saturated heterocycles. The normalized spacial score (nSPS) is 20.7. The van der Waals surface area contributed by atoms with E-state index in [1.165, 1.54) is 0 Å². The minimum Gasteiger partial charge on any atom is -0.492 e. The number of piperazine rings is 1. The standard InChI is InChI=1S/C14H19BrN2O2/c1-11-9-16(2)14(18)10-17(11)7-8-19-13-5-3-12(15)4-6-13/h3-6,11H,7-10H2,1-2H3/t11-/m1/s1. The third-order valence-corrected chi connectivity index (χ3v) is 3.92. The van der Waals surface area contributed by atoms with Crippen molar-refractivity contribution in [2.45, 2.75) is 13.0 Å². The van der Waals surface area contributed by atoms with Crippen molar-refractivity contribution in [2.24, 2.45) is 0 Å². The SMILES string of the molecule is C[C@@H]1CN(C)C(=O)CN1CCOc1ccc(Br)cc1. The highest BCUT2D eigenvalue weighted by Gasteiger charge is 2.26. The summed E-state index contributed by atoms with van der Waals surface area (Å²) >= 11 is 3.39. The zero-order valence-electron chi connectivity index (χ0n) is 11.3. The number of halogens is 1. The molecule has 0 saturated carbocycles. The Hall–Kier alpha value is -1.07. The van der Waals surface area contributed by atoms with Gasteiger partial charge in [0.05, 0.1) is 6.54 Å². The van der Waals surface area contributed by atoms with Gasteiger partial charge in [0.25, 0.3) is 0 Å². The quantitative estimate of drug-likeness (QED) is 0.848. The Balaban J connectivity index is 1.79.